The lowest BCUT2D eigenvalue weighted by Gasteiger charge is -2.43. The lowest BCUT2D eigenvalue weighted by molar-refractivity contribution is 0.0784. The summed E-state index contributed by atoms with van der Waals surface area (Å²) in [5, 5.41) is 0.600. The minimum Gasteiger partial charge on any atom is -0.295 e. The second kappa shape index (κ2) is 8.50. The van der Waals surface area contributed by atoms with Crippen LogP contribution in [0.5, 0.6) is 0 Å². The van der Waals surface area contributed by atoms with Gasteiger partial charge in [-0.25, -0.2) is 8.42 Å². The molecule has 0 saturated carbocycles. The fraction of sp³-hybridized carbons (Fsp3) is 0.400. The number of nitrogens with zero attached hydrogens (tertiary/aromatic N) is 2. The molecule has 2 unspecified atom stereocenters. The summed E-state index contributed by atoms with van der Waals surface area (Å²) in [4.78, 5) is 2.57. The van der Waals surface area contributed by atoms with Crippen LogP contribution in [0.3, 0.4) is 0 Å². The summed E-state index contributed by atoms with van der Waals surface area (Å²) in [6, 6.07) is 15.1. The summed E-state index contributed by atoms with van der Waals surface area (Å²) in [5.74, 6) is 0. The van der Waals surface area contributed by atoms with Gasteiger partial charge in [-0.05, 0) is 44.0 Å². The van der Waals surface area contributed by atoms with Crippen LogP contribution in [0.1, 0.15) is 19.4 Å². The standard InChI is InChI=1S/C20H24Cl2N2O2S/c1-15-13-23(27(25,26)18-8-9-19(21)20(22)12-18)14-16(2)24(15)11-10-17-6-4-3-5-7-17/h3-9,12,15-16H,10-11,13-14H2,1-2H3. The number of benzene rings is 2. The average Bonchev–Trinajstić information content (AvgIpc) is 2.64. The molecule has 2 atom stereocenters. The highest BCUT2D eigenvalue weighted by molar-refractivity contribution is 7.89. The molecule has 4 nitrogen and oxygen atoms in total. The van der Waals surface area contributed by atoms with E-state index in [0.717, 1.165) is 13.0 Å². The second-order valence-electron chi connectivity index (χ2n) is 7.07. The van der Waals surface area contributed by atoms with E-state index in [4.69, 9.17) is 23.2 Å². The summed E-state index contributed by atoms with van der Waals surface area (Å²) in [6.45, 7) is 5.99. The molecule has 2 aromatic rings. The Morgan fingerprint density at radius 1 is 0.963 bits per heavy atom. The third kappa shape index (κ3) is 4.66. The number of piperazine rings is 1. The first-order valence-electron chi connectivity index (χ1n) is 9.04. The Morgan fingerprint density at radius 3 is 2.19 bits per heavy atom. The molecule has 1 aliphatic rings. The van der Waals surface area contributed by atoms with Gasteiger partial charge in [0.2, 0.25) is 10.0 Å². The molecule has 27 heavy (non-hydrogen) atoms. The molecule has 1 heterocycles. The normalized spacial score (nSPS) is 22.1. The van der Waals surface area contributed by atoms with E-state index in [-0.39, 0.29) is 22.0 Å². The Kier molecular flexibility index (Phi) is 6.49. The van der Waals surface area contributed by atoms with Gasteiger partial charge < -0.3 is 0 Å². The third-order valence-corrected chi connectivity index (χ3v) is 7.67. The first kappa shape index (κ1) is 20.6. The van der Waals surface area contributed by atoms with Crippen LogP contribution in [0.15, 0.2) is 53.4 Å². The third-order valence-electron chi connectivity index (χ3n) is 5.10. The van der Waals surface area contributed by atoms with Gasteiger partial charge in [-0.15, -0.1) is 0 Å². The van der Waals surface area contributed by atoms with Crippen molar-refractivity contribution in [3.8, 4) is 0 Å². The highest BCUT2D eigenvalue weighted by atomic mass is 35.5. The van der Waals surface area contributed by atoms with Crippen LogP contribution in [0.4, 0.5) is 0 Å². The zero-order chi connectivity index (χ0) is 19.6. The monoisotopic (exact) mass is 426 g/mol. The van der Waals surface area contributed by atoms with Crippen molar-refractivity contribution in [1.29, 1.82) is 0 Å². The fourth-order valence-corrected chi connectivity index (χ4v) is 5.63. The molecule has 0 radical (unpaired) electrons. The smallest absolute Gasteiger partial charge is 0.243 e. The highest BCUT2D eigenvalue weighted by Crippen LogP contribution is 2.28. The van der Waals surface area contributed by atoms with Crippen molar-refractivity contribution in [2.75, 3.05) is 19.6 Å². The van der Waals surface area contributed by atoms with Crippen molar-refractivity contribution in [2.45, 2.75) is 37.2 Å². The number of rotatable bonds is 5. The molecule has 2 aromatic carbocycles. The van der Waals surface area contributed by atoms with E-state index >= 15 is 0 Å². The maximum absolute atomic E-state index is 13.0. The van der Waals surface area contributed by atoms with Crippen molar-refractivity contribution in [3.05, 3.63) is 64.1 Å². The average molecular weight is 427 g/mol. The van der Waals surface area contributed by atoms with Gasteiger partial charge in [-0.2, -0.15) is 4.31 Å². The zero-order valence-electron chi connectivity index (χ0n) is 15.5. The first-order chi connectivity index (χ1) is 12.8. The first-order valence-corrected chi connectivity index (χ1v) is 11.2. The van der Waals surface area contributed by atoms with E-state index in [2.05, 4.69) is 30.9 Å². The lowest BCUT2D eigenvalue weighted by atomic mass is 10.1. The fourth-order valence-electron chi connectivity index (χ4n) is 3.63. The van der Waals surface area contributed by atoms with E-state index < -0.39 is 10.0 Å². The Balaban J connectivity index is 1.71. The number of hydrogen-bond donors (Lipinski definition) is 0. The molecular formula is C20H24Cl2N2O2S. The molecule has 0 bridgehead atoms. The highest BCUT2D eigenvalue weighted by Gasteiger charge is 2.36. The van der Waals surface area contributed by atoms with E-state index in [0.29, 0.717) is 18.1 Å². The van der Waals surface area contributed by atoms with Crippen molar-refractivity contribution < 1.29 is 8.42 Å². The molecule has 0 aromatic heterocycles. The van der Waals surface area contributed by atoms with Crippen LogP contribution in [-0.2, 0) is 16.4 Å². The minimum atomic E-state index is -3.59. The Hall–Kier alpha value is -1.11. The molecule has 7 heteroatoms. The number of sulfonamides is 1. The van der Waals surface area contributed by atoms with E-state index in [1.165, 1.54) is 23.8 Å². The SMILES string of the molecule is CC1CN(S(=O)(=O)c2ccc(Cl)c(Cl)c2)CC(C)N1CCc1ccccc1. The van der Waals surface area contributed by atoms with Crippen molar-refractivity contribution in [1.82, 2.24) is 9.21 Å². The predicted molar refractivity (Wildman–Crippen MR) is 111 cm³/mol. The summed E-state index contributed by atoms with van der Waals surface area (Å²) < 4.78 is 27.6. The van der Waals surface area contributed by atoms with Crippen LogP contribution < -0.4 is 0 Å². The second-order valence-corrected chi connectivity index (χ2v) is 9.82. The molecule has 0 spiro atoms. The van der Waals surface area contributed by atoms with E-state index in [9.17, 15) is 8.42 Å². The molecule has 1 fully saturated rings. The van der Waals surface area contributed by atoms with Crippen molar-refractivity contribution >= 4 is 33.2 Å². The minimum absolute atomic E-state index is 0.134. The van der Waals surface area contributed by atoms with Gasteiger partial charge in [-0.1, -0.05) is 53.5 Å². The van der Waals surface area contributed by atoms with Crippen molar-refractivity contribution in [2.24, 2.45) is 0 Å². The van der Waals surface area contributed by atoms with Crippen LogP contribution in [0.2, 0.25) is 10.0 Å². The zero-order valence-corrected chi connectivity index (χ0v) is 17.8. The number of hydrogen-bond acceptors (Lipinski definition) is 3. The van der Waals surface area contributed by atoms with E-state index in [1.807, 2.05) is 18.2 Å². The largest absolute Gasteiger partial charge is 0.295 e. The Morgan fingerprint density at radius 2 is 1.59 bits per heavy atom. The van der Waals surface area contributed by atoms with Crippen molar-refractivity contribution in [3.63, 3.8) is 0 Å². The van der Waals surface area contributed by atoms with Gasteiger partial charge in [0.25, 0.3) is 0 Å². The molecule has 146 valence electrons. The van der Waals surface area contributed by atoms with Gasteiger partial charge >= 0.3 is 0 Å². The van der Waals surface area contributed by atoms with E-state index in [1.54, 1.807) is 4.31 Å². The number of halogens is 2. The van der Waals surface area contributed by atoms with Gasteiger partial charge in [0.15, 0.2) is 0 Å². The van der Waals surface area contributed by atoms with Gasteiger partial charge in [0.05, 0.1) is 14.9 Å². The van der Waals surface area contributed by atoms with Crippen LogP contribution in [0, 0.1) is 0 Å². The molecule has 3 rings (SSSR count). The Bertz CT molecular complexity index is 878. The molecular weight excluding hydrogens is 403 g/mol. The van der Waals surface area contributed by atoms with Gasteiger partial charge in [0, 0.05) is 31.7 Å². The van der Waals surface area contributed by atoms with Gasteiger partial charge in [-0.3, -0.25) is 4.90 Å². The summed E-state index contributed by atoms with van der Waals surface area (Å²) >= 11 is 11.9. The Labute approximate surface area is 171 Å². The predicted octanol–water partition coefficient (Wildman–Crippen LogP) is 4.32. The molecule has 0 N–H and O–H groups in total. The van der Waals surface area contributed by atoms with Crippen LogP contribution >= 0.6 is 23.2 Å². The quantitative estimate of drug-likeness (QED) is 0.714. The molecule has 1 aliphatic heterocycles. The molecule has 0 amide bonds. The lowest BCUT2D eigenvalue weighted by Crippen LogP contribution is -2.58. The summed E-state index contributed by atoms with van der Waals surface area (Å²) in [6.07, 6.45) is 0.953. The topological polar surface area (TPSA) is 40.6 Å². The molecule has 0 aliphatic carbocycles. The summed E-state index contributed by atoms with van der Waals surface area (Å²) in [7, 11) is -3.59. The summed E-state index contributed by atoms with van der Waals surface area (Å²) in [5.41, 5.74) is 1.29. The van der Waals surface area contributed by atoms with Gasteiger partial charge in [0.1, 0.15) is 0 Å². The maximum Gasteiger partial charge on any atom is 0.243 e. The maximum atomic E-state index is 13.0. The van der Waals surface area contributed by atoms with Crippen LogP contribution in [0.25, 0.3) is 0 Å². The molecule has 1 saturated heterocycles. The van der Waals surface area contributed by atoms with Crippen LogP contribution in [-0.4, -0.2) is 49.3 Å².